The summed E-state index contributed by atoms with van der Waals surface area (Å²) in [6.07, 6.45) is 3.23. The van der Waals surface area contributed by atoms with E-state index < -0.39 is 0 Å². The van der Waals surface area contributed by atoms with E-state index in [1.165, 1.54) is 0 Å². The van der Waals surface area contributed by atoms with Gasteiger partial charge in [-0.1, -0.05) is 12.1 Å². The number of pyridine rings is 1. The van der Waals surface area contributed by atoms with Crippen LogP contribution >= 0.6 is 0 Å². The maximum absolute atomic E-state index is 11.9. The topological polar surface area (TPSA) is 60.5 Å². The van der Waals surface area contributed by atoms with Gasteiger partial charge in [-0.25, -0.2) is 0 Å². The molecule has 2 aromatic rings. The highest BCUT2D eigenvalue weighted by molar-refractivity contribution is 5.92. The van der Waals surface area contributed by atoms with E-state index in [2.05, 4.69) is 10.3 Å². The zero-order valence-electron chi connectivity index (χ0n) is 12.2. The summed E-state index contributed by atoms with van der Waals surface area (Å²) in [5, 5.41) is 2.87. The molecule has 0 spiro atoms. The molecular weight excluding hydrogens is 280 g/mol. The van der Waals surface area contributed by atoms with E-state index in [0.29, 0.717) is 25.5 Å². The summed E-state index contributed by atoms with van der Waals surface area (Å²) in [5.41, 5.74) is 1.53. The van der Waals surface area contributed by atoms with Crippen molar-refractivity contribution in [1.82, 2.24) is 10.3 Å². The first-order chi connectivity index (χ1) is 10.8. The van der Waals surface area contributed by atoms with Gasteiger partial charge < -0.3 is 14.8 Å². The summed E-state index contributed by atoms with van der Waals surface area (Å²) >= 11 is 0. The molecule has 1 aromatic heterocycles. The maximum Gasteiger partial charge on any atom is 0.269 e. The molecule has 0 aliphatic carbocycles. The Labute approximate surface area is 129 Å². The normalized spacial score (nSPS) is 13.3. The molecule has 114 valence electrons. The molecule has 2 heterocycles. The highest BCUT2D eigenvalue weighted by atomic mass is 16.5. The lowest BCUT2D eigenvalue weighted by Crippen LogP contribution is -2.26. The standard InChI is InChI=1S/C17H18N2O3/c20-17(14-4-1-2-8-18-14)19-9-7-13-5-6-15-16(12-13)22-11-3-10-21-15/h1-2,4-6,8,12H,3,7,9-11H2,(H,19,20). The van der Waals surface area contributed by atoms with Crippen LogP contribution in [0, 0.1) is 0 Å². The van der Waals surface area contributed by atoms with Gasteiger partial charge in [0.2, 0.25) is 0 Å². The Kier molecular flexibility index (Phi) is 4.53. The number of benzene rings is 1. The molecule has 0 atom stereocenters. The molecule has 0 bridgehead atoms. The molecule has 3 rings (SSSR count). The number of carbonyl (C=O) groups is 1. The Morgan fingerprint density at radius 1 is 1.14 bits per heavy atom. The monoisotopic (exact) mass is 298 g/mol. The van der Waals surface area contributed by atoms with E-state index in [1.807, 2.05) is 18.2 Å². The second kappa shape index (κ2) is 6.93. The minimum atomic E-state index is -0.157. The van der Waals surface area contributed by atoms with Gasteiger partial charge in [-0.2, -0.15) is 0 Å². The molecule has 0 saturated heterocycles. The number of ether oxygens (including phenoxy) is 2. The second-order valence-corrected chi connectivity index (χ2v) is 5.05. The quantitative estimate of drug-likeness (QED) is 0.940. The molecule has 1 aliphatic heterocycles. The molecule has 1 aliphatic rings. The molecule has 5 nitrogen and oxygen atoms in total. The highest BCUT2D eigenvalue weighted by Gasteiger charge is 2.11. The van der Waals surface area contributed by atoms with E-state index in [-0.39, 0.29) is 5.91 Å². The molecule has 0 radical (unpaired) electrons. The van der Waals surface area contributed by atoms with Gasteiger partial charge in [-0.15, -0.1) is 0 Å². The molecule has 22 heavy (non-hydrogen) atoms. The van der Waals surface area contributed by atoms with Crippen LogP contribution in [-0.2, 0) is 6.42 Å². The number of amides is 1. The third-order valence-corrected chi connectivity index (χ3v) is 3.41. The molecule has 5 heteroatoms. The van der Waals surface area contributed by atoms with Crippen LogP contribution in [0.3, 0.4) is 0 Å². The van der Waals surface area contributed by atoms with Gasteiger partial charge in [0.1, 0.15) is 5.69 Å². The zero-order valence-corrected chi connectivity index (χ0v) is 12.2. The minimum Gasteiger partial charge on any atom is -0.490 e. The van der Waals surface area contributed by atoms with Crippen LogP contribution in [0.15, 0.2) is 42.6 Å². The Morgan fingerprint density at radius 2 is 2.00 bits per heavy atom. The van der Waals surface area contributed by atoms with Crippen molar-refractivity contribution in [2.24, 2.45) is 0 Å². The van der Waals surface area contributed by atoms with Crippen molar-refractivity contribution in [3.05, 3.63) is 53.9 Å². The predicted octanol–water partition coefficient (Wildman–Crippen LogP) is 2.22. The molecular formula is C17H18N2O3. The molecule has 0 saturated carbocycles. The number of rotatable bonds is 4. The van der Waals surface area contributed by atoms with Crippen molar-refractivity contribution < 1.29 is 14.3 Å². The summed E-state index contributed by atoms with van der Waals surface area (Å²) in [6, 6.07) is 11.2. The van der Waals surface area contributed by atoms with Crippen molar-refractivity contribution in [3.63, 3.8) is 0 Å². The van der Waals surface area contributed by atoms with Crippen LogP contribution in [0.25, 0.3) is 0 Å². The summed E-state index contributed by atoms with van der Waals surface area (Å²) in [4.78, 5) is 15.9. The van der Waals surface area contributed by atoms with E-state index in [9.17, 15) is 4.79 Å². The second-order valence-electron chi connectivity index (χ2n) is 5.05. The van der Waals surface area contributed by atoms with E-state index in [1.54, 1.807) is 24.4 Å². The molecule has 1 amide bonds. The van der Waals surface area contributed by atoms with Gasteiger partial charge >= 0.3 is 0 Å². The maximum atomic E-state index is 11.9. The lowest BCUT2D eigenvalue weighted by atomic mass is 10.1. The van der Waals surface area contributed by atoms with Crippen LogP contribution < -0.4 is 14.8 Å². The van der Waals surface area contributed by atoms with Gasteiger partial charge in [-0.3, -0.25) is 9.78 Å². The predicted molar refractivity (Wildman–Crippen MR) is 82.3 cm³/mol. The third-order valence-electron chi connectivity index (χ3n) is 3.41. The summed E-state index contributed by atoms with van der Waals surface area (Å²) in [6.45, 7) is 1.91. The Bertz CT molecular complexity index is 644. The van der Waals surface area contributed by atoms with Crippen LogP contribution in [0.4, 0.5) is 0 Å². The lowest BCUT2D eigenvalue weighted by molar-refractivity contribution is 0.0949. The minimum absolute atomic E-state index is 0.157. The van der Waals surface area contributed by atoms with Crippen molar-refractivity contribution in [2.45, 2.75) is 12.8 Å². The Morgan fingerprint density at radius 3 is 2.82 bits per heavy atom. The largest absolute Gasteiger partial charge is 0.490 e. The fraction of sp³-hybridized carbons (Fsp3) is 0.294. The molecule has 0 unspecified atom stereocenters. The fourth-order valence-electron chi connectivity index (χ4n) is 2.27. The van der Waals surface area contributed by atoms with Gasteiger partial charge in [-0.05, 0) is 36.2 Å². The molecule has 0 fully saturated rings. The number of nitrogens with zero attached hydrogens (tertiary/aromatic N) is 1. The van der Waals surface area contributed by atoms with Crippen LogP contribution in [-0.4, -0.2) is 30.6 Å². The zero-order chi connectivity index (χ0) is 15.2. The van der Waals surface area contributed by atoms with Crippen molar-refractivity contribution >= 4 is 5.91 Å². The highest BCUT2D eigenvalue weighted by Crippen LogP contribution is 2.30. The van der Waals surface area contributed by atoms with Crippen molar-refractivity contribution in [1.29, 1.82) is 0 Å². The summed E-state index contributed by atoms with van der Waals surface area (Å²) in [7, 11) is 0. The number of carbonyl (C=O) groups excluding carboxylic acids is 1. The van der Waals surface area contributed by atoms with E-state index in [4.69, 9.17) is 9.47 Å². The van der Waals surface area contributed by atoms with Crippen LogP contribution in [0.2, 0.25) is 0 Å². The van der Waals surface area contributed by atoms with Gasteiger partial charge in [0.05, 0.1) is 13.2 Å². The molecule has 1 aromatic carbocycles. The fourth-order valence-corrected chi connectivity index (χ4v) is 2.27. The Hall–Kier alpha value is -2.56. The van der Waals surface area contributed by atoms with E-state index in [0.717, 1.165) is 29.9 Å². The first-order valence-electron chi connectivity index (χ1n) is 7.41. The average molecular weight is 298 g/mol. The van der Waals surface area contributed by atoms with Gasteiger partial charge in [0.15, 0.2) is 11.5 Å². The van der Waals surface area contributed by atoms with Gasteiger partial charge in [0, 0.05) is 19.2 Å². The van der Waals surface area contributed by atoms with Crippen molar-refractivity contribution in [3.8, 4) is 11.5 Å². The first-order valence-corrected chi connectivity index (χ1v) is 7.41. The number of fused-ring (bicyclic) bond motifs is 1. The first kappa shape index (κ1) is 14.4. The lowest BCUT2D eigenvalue weighted by Gasteiger charge is -2.10. The Balaban J connectivity index is 1.56. The van der Waals surface area contributed by atoms with Crippen LogP contribution in [0.1, 0.15) is 22.5 Å². The summed E-state index contributed by atoms with van der Waals surface area (Å²) < 4.78 is 11.3. The van der Waals surface area contributed by atoms with Crippen LogP contribution in [0.5, 0.6) is 11.5 Å². The number of hydrogen-bond donors (Lipinski definition) is 1. The SMILES string of the molecule is O=C(NCCc1ccc2c(c1)OCCCO2)c1ccccn1. The molecule has 1 N–H and O–H groups in total. The number of hydrogen-bond acceptors (Lipinski definition) is 4. The van der Waals surface area contributed by atoms with Gasteiger partial charge in [0.25, 0.3) is 5.91 Å². The summed E-state index contributed by atoms with van der Waals surface area (Å²) in [5.74, 6) is 1.42. The number of nitrogens with one attached hydrogen (secondary N) is 1. The third kappa shape index (κ3) is 3.55. The average Bonchev–Trinajstić information content (AvgIpc) is 2.80. The van der Waals surface area contributed by atoms with Crippen molar-refractivity contribution in [2.75, 3.05) is 19.8 Å². The smallest absolute Gasteiger partial charge is 0.269 e. The van der Waals surface area contributed by atoms with E-state index >= 15 is 0 Å². The number of aromatic nitrogens is 1.